The van der Waals surface area contributed by atoms with Gasteiger partial charge in [0.2, 0.25) is 0 Å². The van der Waals surface area contributed by atoms with Gasteiger partial charge in [-0.1, -0.05) is 0 Å². The molecule has 0 aliphatic heterocycles. The van der Waals surface area contributed by atoms with Crippen LogP contribution in [0.25, 0.3) is 0 Å². The van der Waals surface area contributed by atoms with E-state index in [0.29, 0.717) is 0 Å². The maximum atomic E-state index is 10.2. The third kappa shape index (κ3) is 1.75. The Hall–Kier alpha value is -0.162. The van der Waals surface area contributed by atoms with Gasteiger partial charge in [0.15, 0.2) is 0 Å². The quantitative estimate of drug-likeness (QED) is 0.723. The third-order valence-corrected chi connectivity index (χ3v) is 5.87. The Bertz CT molecular complexity index is 95.9. The molecule has 0 atom stereocenters. The summed E-state index contributed by atoms with van der Waals surface area (Å²) in [6, 6.07) is 0. The van der Waals surface area contributed by atoms with Crippen LogP contribution in [-0.2, 0) is 20.9 Å². The number of rotatable bonds is 3. The van der Waals surface area contributed by atoms with Crippen molar-refractivity contribution < 1.29 is 20.9 Å². The molecule has 0 N–H and O–H groups in total. The fourth-order valence-corrected chi connectivity index (χ4v) is 0.930. The normalized spacial score (nSPS) is 12.1. The van der Waals surface area contributed by atoms with Crippen LogP contribution in [0.3, 0.4) is 0 Å². The average molecular weight is 293 g/mol. The molecule has 0 bridgehead atoms. The van der Waals surface area contributed by atoms with E-state index in [2.05, 4.69) is 13.2 Å². The Balaban J connectivity index is 4.18. The van der Waals surface area contributed by atoms with Gasteiger partial charge in [-0.05, 0) is 0 Å². The first-order valence-electron chi connectivity index (χ1n) is 1.92. The zero-order valence-electron chi connectivity index (χ0n) is 4.87. The number of hydrogen-bond donors (Lipinski definition) is 0. The van der Waals surface area contributed by atoms with Gasteiger partial charge in [0.05, 0.1) is 0 Å². The predicted octanol–water partition coefficient (Wildman–Crippen LogP) is 1.67. The molecule has 0 aromatic heterocycles. The molecule has 2 heteroatoms. The van der Waals surface area contributed by atoms with E-state index in [1.165, 1.54) is 0 Å². The predicted molar refractivity (Wildman–Crippen MR) is 33.0 cm³/mol. The summed E-state index contributed by atoms with van der Waals surface area (Å²) < 4.78 is 4.48. The molecule has 0 fully saturated rings. The molecule has 0 aromatic carbocycles. The zero-order valence-corrected chi connectivity index (χ0v) is 7.14. The number of carbonyl (C=O) groups is 1. The minimum absolute atomic E-state index is 0.993. The molecular formula is C6H10OPt. The molecule has 0 aliphatic carbocycles. The van der Waals surface area contributed by atoms with Crippen LogP contribution in [0, 0.1) is 0 Å². The molecule has 8 heavy (non-hydrogen) atoms. The van der Waals surface area contributed by atoms with E-state index in [1.54, 1.807) is 8.93 Å². The Kier molecular flexibility index (Phi) is 2.92. The van der Waals surface area contributed by atoms with Crippen molar-refractivity contribution in [2.45, 2.75) is 5.31 Å². The van der Waals surface area contributed by atoms with E-state index < -0.39 is 16.1 Å². The maximum absolute atomic E-state index is 10.2. The van der Waals surface area contributed by atoms with Gasteiger partial charge in [0, 0.05) is 0 Å². The topological polar surface area (TPSA) is 17.1 Å². The van der Waals surface area contributed by atoms with Gasteiger partial charge in [-0.2, -0.15) is 0 Å². The van der Waals surface area contributed by atoms with E-state index >= 15 is 0 Å². The van der Waals surface area contributed by atoms with Crippen molar-refractivity contribution in [3.05, 3.63) is 22.1 Å². The van der Waals surface area contributed by atoms with Crippen molar-refractivity contribution in [3.63, 3.8) is 0 Å². The van der Waals surface area contributed by atoms with Gasteiger partial charge >= 0.3 is 52.9 Å². The summed E-state index contributed by atoms with van der Waals surface area (Å²) in [5.74, 6) is 0. The fourth-order valence-electron chi connectivity index (χ4n) is 0.114. The SMILES string of the molecule is C=[CH][Pt]([CH3])([CH]=C)[CH]=O. The second-order valence-electron chi connectivity index (χ2n) is 1.20. The first-order valence-corrected chi connectivity index (χ1v) is 8.12. The molecule has 0 rings (SSSR count). The van der Waals surface area contributed by atoms with E-state index in [9.17, 15) is 4.79 Å². The van der Waals surface area contributed by atoms with E-state index in [0.717, 1.165) is 4.68 Å². The minimum atomic E-state index is -2.21. The summed E-state index contributed by atoms with van der Waals surface area (Å²) in [5, 5.41) is 1.93. The van der Waals surface area contributed by atoms with Crippen LogP contribution >= 0.6 is 0 Å². The van der Waals surface area contributed by atoms with Crippen LogP contribution in [0.1, 0.15) is 0 Å². The first-order chi connectivity index (χ1) is 3.68. The summed E-state index contributed by atoms with van der Waals surface area (Å²) in [4.78, 5) is 10.2. The van der Waals surface area contributed by atoms with Crippen molar-refractivity contribution in [1.29, 1.82) is 0 Å². The van der Waals surface area contributed by atoms with Crippen molar-refractivity contribution in [2.75, 3.05) is 0 Å². The zero-order chi connectivity index (χ0) is 6.62. The van der Waals surface area contributed by atoms with Crippen LogP contribution in [0.5, 0.6) is 0 Å². The molecule has 0 saturated carbocycles. The second-order valence-corrected chi connectivity index (χ2v) is 9.80. The molecule has 0 spiro atoms. The summed E-state index contributed by atoms with van der Waals surface area (Å²) in [5.41, 5.74) is 0. The molecule has 50 valence electrons. The van der Waals surface area contributed by atoms with Crippen molar-refractivity contribution in [3.8, 4) is 0 Å². The van der Waals surface area contributed by atoms with Crippen molar-refractivity contribution >= 4 is 4.68 Å². The average Bonchev–Trinajstić information content (AvgIpc) is 1.87. The van der Waals surface area contributed by atoms with Gasteiger partial charge in [-0.3, -0.25) is 0 Å². The van der Waals surface area contributed by atoms with Crippen LogP contribution in [0.2, 0.25) is 5.31 Å². The Morgan fingerprint density at radius 2 is 1.75 bits per heavy atom. The van der Waals surface area contributed by atoms with Crippen molar-refractivity contribution in [2.24, 2.45) is 0 Å². The van der Waals surface area contributed by atoms with Crippen LogP contribution in [-0.4, -0.2) is 4.68 Å². The monoisotopic (exact) mass is 293 g/mol. The van der Waals surface area contributed by atoms with Crippen LogP contribution in [0.15, 0.2) is 22.1 Å². The van der Waals surface area contributed by atoms with E-state index in [-0.39, 0.29) is 0 Å². The molecule has 0 heterocycles. The second kappa shape index (κ2) is 2.98. The fraction of sp³-hybridized carbons (Fsp3) is 0.167. The molecule has 0 unspecified atom stereocenters. The molecule has 0 amide bonds. The molecule has 0 aliphatic rings. The number of carbonyl (C=O) groups excluding carboxylic acids is 1. The van der Waals surface area contributed by atoms with Crippen molar-refractivity contribution in [1.82, 2.24) is 0 Å². The summed E-state index contributed by atoms with van der Waals surface area (Å²) in [6.07, 6.45) is 0. The Morgan fingerprint density at radius 3 is 1.75 bits per heavy atom. The summed E-state index contributed by atoms with van der Waals surface area (Å²) >= 11 is -2.21. The van der Waals surface area contributed by atoms with Crippen LogP contribution in [0.4, 0.5) is 0 Å². The van der Waals surface area contributed by atoms with Gasteiger partial charge in [-0.15, -0.1) is 0 Å². The number of hydrogen-bond acceptors (Lipinski definition) is 1. The molecule has 1 nitrogen and oxygen atoms in total. The third-order valence-electron chi connectivity index (χ3n) is 0.717. The van der Waals surface area contributed by atoms with Gasteiger partial charge in [-0.25, -0.2) is 0 Å². The summed E-state index contributed by atoms with van der Waals surface area (Å²) in [6.45, 7) is 7.10. The molecule has 0 radical (unpaired) electrons. The molecular weight excluding hydrogens is 283 g/mol. The standard InChI is InChI=1S/2C2H3.CHO.CH3.Pt/c3*1-2;;/h2*1H,2H2;1H;1H3;. The van der Waals surface area contributed by atoms with Crippen LogP contribution < -0.4 is 0 Å². The van der Waals surface area contributed by atoms with Gasteiger partial charge in [0.1, 0.15) is 0 Å². The molecule has 0 aromatic rings. The van der Waals surface area contributed by atoms with E-state index in [4.69, 9.17) is 0 Å². The molecule has 0 saturated heterocycles. The summed E-state index contributed by atoms with van der Waals surface area (Å²) in [7, 11) is 0. The van der Waals surface area contributed by atoms with Gasteiger partial charge < -0.3 is 0 Å². The Morgan fingerprint density at radius 1 is 1.38 bits per heavy atom. The van der Waals surface area contributed by atoms with Gasteiger partial charge in [0.25, 0.3) is 0 Å². The van der Waals surface area contributed by atoms with E-state index in [1.807, 2.05) is 5.31 Å². The Labute approximate surface area is 53.3 Å². The first kappa shape index (κ1) is 7.84.